The monoisotopic (exact) mass is 350 g/mol. The van der Waals surface area contributed by atoms with Gasteiger partial charge in [0, 0.05) is 10.2 Å². The SMILES string of the molecule is O=C(O)C(Cc1ccccc1)SCc1cccc(Br)c1. The smallest absolute Gasteiger partial charge is 0.316 e. The van der Waals surface area contributed by atoms with Crippen LogP contribution in [0.3, 0.4) is 0 Å². The molecule has 0 spiro atoms. The molecule has 0 aromatic heterocycles. The van der Waals surface area contributed by atoms with Crippen LogP contribution in [-0.2, 0) is 17.0 Å². The summed E-state index contributed by atoms with van der Waals surface area (Å²) in [5, 5.41) is 8.92. The summed E-state index contributed by atoms with van der Waals surface area (Å²) in [6, 6.07) is 17.7. The number of halogens is 1. The Morgan fingerprint density at radius 1 is 1.10 bits per heavy atom. The first kappa shape index (κ1) is 15.1. The predicted octanol–water partition coefficient (Wildman–Crippen LogP) is 4.38. The maximum Gasteiger partial charge on any atom is 0.316 e. The highest BCUT2D eigenvalue weighted by atomic mass is 79.9. The standard InChI is InChI=1S/C16H15BrO2S/c17-14-8-4-7-13(9-14)11-20-15(16(18)19)10-12-5-2-1-3-6-12/h1-9,15H,10-11H2,(H,18,19). The van der Waals surface area contributed by atoms with E-state index >= 15 is 0 Å². The van der Waals surface area contributed by atoms with Gasteiger partial charge in [-0.2, -0.15) is 0 Å². The Hall–Kier alpha value is -1.26. The van der Waals surface area contributed by atoms with Gasteiger partial charge in [0.2, 0.25) is 0 Å². The fraction of sp³-hybridized carbons (Fsp3) is 0.188. The van der Waals surface area contributed by atoms with Gasteiger partial charge in [0.05, 0.1) is 0 Å². The minimum Gasteiger partial charge on any atom is -0.480 e. The van der Waals surface area contributed by atoms with Gasteiger partial charge in [-0.25, -0.2) is 0 Å². The van der Waals surface area contributed by atoms with Crippen LogP contribution in [-0.4, -0.2) is 16.3 Å². The molecule has 0 bridgehead atoms. The molecule has 1 atom stereocenters. The van der Waals surface area contributed by atoms with Crippen molar-refractivity contribution in [2.45, 2.75) is 17.4 Å². The van der Waals surface area contributed by atoms with Gasteiger partial charge in [0.15, 0.2) is 0 Å². The normalized spacial score (nSPS) is 12.1. The summed E-state index contributed by atoms with van der Waals surface area (Å²) in [5.74, 6) is -0.0580. The maximum atomic E-state index is 11.4. The Morgan fingerprint density at radius 3 is 2.45 bits per heavy atom. The summed E-state index contributed by atoms with van der Waals surface area (Å²) >= 11 is 4.89. The Morgan fingerprint density at radius 2 is 1.80 bits per heavy atom. The van der Waals surface area contributed by atoms with E-state index in [0.717, 1.165) is 15.6 Å². The molecule has 0 heterocycles. The Labute approximate surface area is 131 Å². The minimum atomic E-state index is -0.756. The van der Waals surface area contributed by atoms with Crippen LogP contribution >= 0.6 is 27.7 Å². The molecule has 0 saturated heterocycles. The third-order valence-corrected chi connectivity index (χ3v) is 4.64. The largest absolute Gasteiger partial charge is 0.480 e. The fourth-order valence-corrected chi connectivity index (χ4v) is 3.34. The summed E-state index contributed by atoms with van der Waals surface area (Å²) in [7, 11) is 0. The van der Waals surface area contributed by atoms with E-state index in [0.29, 0.717) is 12.2 Å². The second-order valence-electron chi connectivity index (χ2n) is 4.46. The zero-order valence-electron chi connectivity index (χ0n) is 10.8. The van der Waals surface area contributed by atoms with Crippen LogP contribution in [0.5, 0.6) is 0 Å². The number of aliphatic carboxylic acids is 1. The third-order valence-electron chi connectivity index (χ3n) is 2.88. The molecule has 0 aliphatic carbocycles. The molecule has 2 nitrogen and oxygen atoms in total. The molecule has 4 heteroatoms. The fourth-order valence-electron chi connectivity index (χ4n) is 1.87. The van der Waals surface area contributed by atoms with Gasteiger partial charge in [-0.15, -0.1) is 11.8 Å². The van der Waals surface area contributed by atoms with Crippen molar-refractivity contribution in [1.29, 1.82) is 0 Å². The maximum absolute atomic E-state index is 11.4. The number of carboxylic acid groups (broad SMARTS) is 1. The van der Waals surface area contributed by atoms with Crippen LogP contribution < -0.4 is 0 Å². The van der Waals surface area contributed by atoms with Crippen molar-refractivity contribution in [3.05, 3.63) is 70.2 Å². The van der Waals surface area contributed by atoms with E-state index in [1.807, 2.05) is 54.6 Å². The minimum absolute atomic E-state index is 0.420. The highest BCUT2D eigenvalue weighted by Gasteiger charge is 2.18. The zero-order chi connectivity index (χ0) is 14.4. The second-order valence-corrected chi connectivity index (χ2v) is 6.56. The second kappa shape index (κ2) is 7.50. The quantitative estimate of drug-likeness (QED) is 0.839. The number of carbonyl (C=O) groups is 1. The lowest BCUT2D eigenvalue weighted by Gasteiger charge is -2.12. The van der Waals surface area contributed by atoms with Crippen LogP contribution in [0.2, 0.25) is 0 Å². The Balaban J connectivity index is 1.98. The molecule has 0 saturated carbocycles. The number of benzene rings is 2. The number of rotatable bonds is 6. The van der Waals surface area contributed by atoms with Crippen LogP contribution in [0, 0.1) is 0 Å². The average Bonchev–Trinajstić information content (AvgIpc) is 2.44. The van der Waals surface area contributed by atoms with Gasteiger partial charge in [-0.05, 0) is 29.7 Å². The number of thioether (sulfide) groups is 1. The van der Waals surface area contributed by atoms with E-state index in [2.05, 4.69) is 15.9 Å². The van der Waals surface area contributed by atoms with E-state index in [1.165, 1.54) is 11.8 Å². The van der Waals surface area contributed by atoms with Crippen molar-refractivity contribution in [2.75, 3.05) is 0 Å². The van der Waals surface area contributed by atoms with Crippen molar-refractivity contribution in [3.63, 3.8) is 0 Å². The highest BCUT2D eigenvalue weighted by Crippen LogP contribution is 2.23. The van der Waals surface area contributed by atoms with Crippen LogP contribution in [0.1, 0.15) is 11.1 Å². The zero-order valence-corrected chi connectivity index (χ0v) is 13.2. The average molecular weight is 351 g/mol. The molecule has 0 aliphatic rings. The molecule has 1 N–H and O–H groups in total. The van der Waals surface area contributed by atoms with Crippen molar-refractivity contribution in [3.8, 4) is 0 Å². The summed E-state index contributed by atoms with van der Waals surface area (Å²) in [6.07, 6.45) is 0.550. The van der Waals surface area contributed by atoms with Crippen LogP contribution in [0.4, 0.5) is 0 Å². The van der Waals surface area contributed by atoms with Crippen LogP contribution in [0.15, 0.2) is 59.1 Å². The lowest BCUT2D eigenvalue weighted by atomic mass is 10.1. The molecular formula is C16H15BrO2S. The van der Waals surface area contributed by atoms with Crippen molar-refractivity contribution in [2.24, 2.45) is 0 Å². The predicted molar refractivity (Wildman–Crippen MR) is 87.0 cm³/mol. The van der Waals surface area contributed by atoms with Crippen molar-refractivity contribution < 1.29 is 9.90 Å². The first-order chi connectivity index (χ1) is 9.65. The van der Waals surface area contributed by atoms with Crippen molar-refractivity contribution in [1.82, 2.24) is 0 Å². The lowest BCUT2D eigenvalue weighted by Crippen LogP contribution is -2.19. The van der Waals surface area contributed by atoms with E-state index in [9.17, 15) is 9.90 Å². The number of carboxylic acids is 1. The van der Waals surface area contributed by atoms with Gasteiger partial charge in [0.25, 0.3) is 0 Å². The molecule has 0 amide bonds. The third kappa shape index (κ3) is 4.69. The van der Waals surface area contributed by atoms with Crippen LogP contribution in [0.25, 0.3) is 0 Å². The van der Waals surface area contributed by atoms with Gasteiger partial charge in [-0.1, -0.05) is 58.4 Å². The van der Waals surface area contributed by atoms with Gasteiger partial charge >= 0.3 is 5.97 Å². The molecule has 2 aromatic carbocycles. The number of hydrogen-bond donors (Lipinski definition) is 1. The first-order valence-corrected chi connectivity index (χ1v) is 8.12. The van der Waals surface area contributed by atoms with Crippen molar-refractivity contribution >= 4 is 33.7 Å². The molecule has 0 radical (unpaired) electrons. The molecule has 0 aliphatic heterocycles. The van der Waals surface area contributed by atoms with E-state index in [1.54, 1.807) is 0 Å². The van der Waals surface area contributed by atoms with E-state index < -0.39 is 11.2 Å². The molecule has 2 aromatic rings. The molecule has 2 rings (SSSR count). The lowest BCUT2D eigenvalue weighted by molar-refractivity contribution is -0.136. The summed E-state index contributed by atoms with van der Waals surface area (Å²) in [5.41, 5.74) is 2.19. The van der Waals surface area contributed by atoms with E-state index in [-0.39, 0.29) is 0 Å². The Kier molecular flexibility index (Phi) is 5.68. The summed E-state index contributed by atoms with van der Waals surface area (Å²) in [4.78, 5) is 11.4. The highest BCUT2D eigenvalue weighted by molar-refractivity contribution is 9.10. The molecule has 20 heavy (non-hydrogen) atoms. The summed E-state index contributed by atoms with van der Waals surface area (Å²) in [6.45, 7) is 0. The first-order valence-electron chi connectivity index (χ1n) is 6.28. The van der Waals surface area contributed by atoms with E-state index in [4.69, 9.17) is 0 Å². The molecule has 104 valence electrons. The Bertz CT molecular complexity index is 572. The molecule has 1 unspecified atom stereocenters. The van der Waals surface area contributed by atoms with Gasteiger partial charge in [-0.3, -0.25) is 4.79 Å². The number of hydrogen-bond acceptors (Lipinski definition) is 2. The van der Waals surface area contributed by atoms with Gasteiger partial charge < -0.3 is 5.11 Å². The summed E-state index contributed by atoms with van der Waals surface area (Å²) < 4.78 is 1.02. The topological polar surface area (TPSA) is 37.3 Å². The van der Waals surface area contributed by atoms with Gasteiger partial charge in [0.1, 0.15) is 5.25 Å². The molecule has 0 fully saturated rings. The molecular weight excluding hydrogens is 336 g/mol.